The molecule has 1 heterocycles. The normalized spacial score (nSPS) is 12.5. The number of hydrogen-bond donors (Lipinski definition) is 0. The van der Waals surface area contributed by atoms with Crippen molar-refractivity contribution >= 4 is 17.2 Å². The lowest BCUT2D eigenvalue weighted by molar-refractivity contribution is 0.0770. The van der Waals surface area contributed by atoms with E-state index in [1.807, 2.05) is 7.05 Å². The van der Waals surface area contributed by atoms with Crippen LogP contribution < -0.4 is 0 Å². The molecule has 1 unspecified atom stereocenters. The molecule has 0 aliphatic carbocycles. The number of rotatable bonds is 4. The summed E-state index contributed by atoms with van der Waals surface area (Å²) in [5, 5.41) is 1.79. The van der Waals surface area contributed by atoms with E-state index in [0.717, 1.165) is 13.0 Å². The third-order valence-electron chi connectivity index (χ3n) is 2.28. The van der Waals surface area contributed by atoms with Crippen LogP contribution in [0, 0.1) is 5.92 Å². The molecule has 1 aromatic heterocycles. The summed E-state index contributed by atoms with van der Waals surface area (Å²) >= 11 is 1.45. The van der Waals surface area contributed by atoms with Crippen LogP contribution in [0.4, 0.5) is 0 Å². The quantitative estimate of drug-likeness (QED) is 0.767. The zero-order valence-corrected chi connectivity index (χ0v) is 9.67. The van der Waals surface area contributed by atoms with Gasteiger partial charge in [0.15, 0.2) is 0 Å². The summed E-state index contributed by atoms with van der Waals surface area (Å²) in [4.78, 5) is 17.5. The molecule has 0 saturated carbocycles. The second-order valence-corrected chi connectivity index (χ2v) is 4.29. The zero-order chi connectivity index (χ0) is 10.6. The first-order valence-corrected chi connectivity index (χ1v) is 5.73. The summed E-state index contributed by atoms with van der Waals surface area (Å²) in [7, 11) is 1.83. The molecular weight excluding hydrogens is 196 g/mol. The Bertz CT molecular complexity index is 284. The minimum atomic E-state index is 0.0200. The summed E-state index contributed by atoms with van der Waals surface area (Å²) < 4.78 is 0. The highest BCUT2D eigenvalue weighted by atomic mass is 32.1. The Morgan fingerprint density at radius 1 is 1.71 bits per heavy atom. The van der Waals surface area contributed by atoms with Crippen molar-refractivity contribution in [2.75, 3.05) is 13.6 Å². The van der Waals surface area contributed by atoms with Gasteiger partial charge < -0.3 is 4.90 Å². The van der Waals surface area contributed by atoms with Crippen LogP contribution in [0.5, 0.6) is 0 Å². The fraction of sp³-hybridized carbons (Fsp3) is 0.600. The van der Waals surface area contributed by atoms with Crippen LogP contribution in [-0.2, 0) is 0 Å². The molecule has 14 heavy (non-hydrogen) atoms. The van der Waals surface area contributed by atoms with Crippen LogP contribution in [0.15, 0.2) is 10.9 Å². The highest BCUT2D eigenvalue weighted by Crippen LogP contribution is 2.08. The van der Waals surface area contributed by atoms with E-state index in [1.54, 1.807) is 15.8 Å². The molecule has 1 amide bonds. The van der Waals surface area contributed by atoms with Gasteiger partial charge in [-0.25, -0.2) is 4.98 Å². The minimum Gasteiger partial charge on any atom is -0.340 e. The van der Waals surface area contributed by atoms with E-state index in [4.69, 9.17) is 0 Å². The van der Waals surface area contributed by atoms with E-state index < -0.39 is 0 Å². The molecule has 1 aromatic rings. The van der Waals surface area contributed by atoms with Gasteiger partial charge in [-0.05, 0) is 5.92 Å². The maximum atomic E-state index is 11.7. The predicted molar refractivity (Wildman–Crippen MR) is 58.5 cm³/mol. The van der Waals surface area contributed by atoms with Gasteiger partial charge in [0.25, 0.3) is 5.91 Å². The van der Waals surface area contributed by atoms with Crippen LogP contribution in [0.1, 0.15) is 30.8 Å². The minimum absolute atomic E-state index is 0.0200. The largest absolute Gasteiger partial charge is 0.340 e. The summed E-state index contributed by atoms with van der Waals surface area (Å²) in [6, 6.07) is 0. The number of carbonyl (C=O) groups is 1. The zero-order valence-electron chi connectivity index (χ0n) is 8.86. The summed E-state index contributed by atoms with van der Waals surface area (Å²) in [5.74, 6) is 0.564. The second-order valence-electron chi connectivity index (χ2n) is 3.57. The Hall–Kier alpha value is -0.900. The van der Waals surface area contributed by atoms with Gasteiger partial charge in [0.1, 0.15) is 5.69 Å². The van der Waals surface area contributed by atoms with Crippen LogP contribution >= 0.6 is 11.3 Å². The molecule has 0 N–H and O–H groups in total. The number of amides is 1. The van der Waals surface area contributed by atoms with Gasteiger partial charge in [0, 0.05) is 19.0 Å². The van der Waals surface area contributed by atoms with Gasteiger partial charge in [-0.15, -0.1) is 11.3 Å². The fourth-order valence-corrected chi connectivity index (χ4v) is 1.72. The summed E-state index contributed by atoms with van der Waals surface area (Å²) in [5.41, 5.74) is 2.24. The molecule has 0 saturated heterocycles. The average molecular weight is 212 g/mol. The van der Waals surface area contributed by atoms with Gasteiger partial charge in [0.05, 0.1) is 5.51 Å². The SMILES string of the molecule is CCC(C)CN(C)C(=O)c1cscn1. The lowest BCUT2D eigenvalue weighted by Crippen LogP contribution is -2.31. The van der Waals surface area contributed by atoms with Crippen molar-refractivity contribution in [2.24, 2.45) is 5.92 Å². The number of carbonyl (C=O) groups excluding carboxylic acids is 1. The average Bonchev–Trinajstić information content (AvgIpc) is 2.69. The first kappa shape index (κ1) is 11.2. The molecule has 1 rings (SSSR count). The van der Waals surface area contributed by atoms with Crippen molar-refractivity contribution in [3.05, 3.63) is 16.6 Å². The smallest absolute Gasteiger partial charge is 0.273 e. The third kappa shape index (κ3) is 2.80. The third-order valence-corrected chi connectivity index (χ3v) is 2.87. The Kier molecular flexibility index (Phi) is 4.07. The molecule has 78 valence electrons. The first-order valence-electron chi connectivity index (χ1n) is 4.78. The van der Waals surface area contributed by atoms with Crippen molar-refractivity contribution in [1.29, 1.82) is 0 Å². The standard InChI is InChI=1S/C10H16N2OS/c1-4-8(2)5-12(3)10(13)9-6-14-7-11-9/h6-8H,4-5H2,1-3H3. The monoisotopic (exact) mass is 212 g/mol. The molecule has 0 fully saturated rings. The first-order chi connectivity index (χ1) is 6.65. The number of nitrogens with zero attached hydrogens (tertiary/aromatic N) is 2. The van der Waals surface area contributed by atoms with Crippen molar-refractivity contribution in [2.45, 2.75) is 20.3 Å². The highest BCUT2D eigenvalue weighted by molar-refractivity contribution is 7.07. The molecule has 0 radical (unpaired) electrons. The van der Waals surface area contributed by atoms with Crippen molar-refractivity contribution in [1.82, 2.24) is 9.88 Å². The summed E-state index contributed by atoms with van der Waals surface area (Å²) in [6.07, 6.45) is 1.09. The molecule has 0 aliphatic rings. The molecule has 1 atom stereocenters. The lowest BCUT2D eigenvalue weighted by atomic mass is 10.1. The predicted octanol–water partition coefficient (Wildman–Crippen LogP) is 2.26. The van der Waals surface area contributed by atoms with Crippen molar-refractivity contribution in [3.63, 3.8) is 0 Å². The highest BCUT2D eigenvalue weighted by Gasteiger charge is 2.14. The lowest BCUT2D eigenvalue weighted by Gasteiger charge is -2.19. The fourth-order valence-electron chi connectivity index (χ4n) is 1.19. The Morgan fingerprint density at radius 3 is 2.93 bits per heavy atom. The number of thiazole rings is 1. The Labute approximate surface area is 88.8 Å². The van der Waals surface area contributed by atoms with Gasteiger partial charge in [-0.3, -0.25) is 4.79 Å². The van der Waals surface area contributed by atoms with Gasteiger partial charge in [0.2, 0.25) is 0 Å². The Morgan fingerprint density at radius 2 is 2.43 bits per heavy atom. The van der Waals surface area contributed by atoms with Crippen LogP contribution in [0.3, 0.4) is 0 Å². The van der Waals surface area contributed by atoms with Crippen LogP contribution in [-0.4, -0.2) is 29.4 Å². The van der Waals surface area contributed by atoms with E-state index in [-0.39, 0.29) is 5.91 Å². The summed E-state index contributed by atoms with van der Waals surface area (Å²) in [6.45, 7) is 5.07. The topological polar surface area (TPSA) is 33.2 Å². The van der Waals surface area contributed by atoms with Crippen molar-refractivity contribution < 1.29 is 4.79 Å². The van der Waals surface area contributed by atoms with Crippen LogP contribution in [0.2, 0.25) is 0 Å². The van der Waals surface area contributed by atoms with Crippen LogP contribution in [0.25, 0.3) is 0 Å². The maximum Gasteiger partial charge on any atom is 0.273 e. The van der Waals surface area contributed by atoms with E-state index in [2.05, 4.69) is 18.8 Å². The molecule has 0 aromatic carbocycles. The Balaban J connectivity index is 2.53. The van der Waals surface area contributed by atoms with Crippen molar-refractivity contribution in [3.8, 4) is 0 Å². The van der Waals surface area contributed by atoms with E-state index >= 15 is 0 Å². The molecule has 0 bridgehead atoms. The van der Waals surface area contributed by atoms with E-state index in [1.165, 1.54) is 11.3 Å². The second kappa shape index (κ2) is 5.10. The molecule has 4 heteroatoms. The van der Waals surface area contributed by atoms with Gasteiger partial charge in [-0.2, -0.15) is 0 Å². The van der Waals surface area contributed by atoms with E-state index in [9.17, 15) is 4.79 Å². The van der Waals surface area contributed by atoms with Gasteiger partial charge >= 0.3 is 0 Å². The van der Waals surface area contributed by atoms with Gasteiger partial charge in [-0.1, -0.05) is 20.3 Å². The number of hydrogen-bond acceptors (Lipinski definition) is 3. The number of aromatic nitrogens is 1. The van der Waals surface area contributed by atoms with E-state index in [0.29, 0.717) is 11.6 Å². The molecular formula is C10H16N2OS. The molecule has 3 nitrogen and oxygen atoms in total. The molecule has 0 spiro atoms. The molecule has 0 aliphatic heterocycles. The maximum absolute atomic E-state index is 11.7.